The van der Waals surface area contributed by atoms with Gasteiger partial charge in [0.1, 0.15) is 0 Å². The molecule has 3 nitrogen and oxygen atoms in total. The second-order valence-electron chi connectivity index (χ2n) is 6.18. The van der Waals surface area contributed by atoms with Crippen LogP contribution in [0.15, 0.2) is 18.2 Å². The lowest BCUT2D eigenvalue weighted by Gasteiger charge is -2.29. The average molecular weight is 274 g/mol. The van der Waals surface area contributed by atoms with Crippen LogP contribution < -0.4 is 5.32 Å². The van der Waals surface area contributed by atoms with Crippen LogP contribution in [0.3, 0.4) is 0 Å². The Labute approximate surface area is 122 Å². The third-order valence-electron chi connectivity index (χ3n) is 4.39. The number of hydrogen-bond donors (Lipinski definition) is 1. The predicted molar refractivity (Wildman–Crippen MR) is 82.7 cm³/mol. The highest BCUT2D eigenvalue weighted by Crippen LogP contribution is 2.19. The van der Waals surface area contributed by atoms with Crippen LogP contribution in [0.25, 0.3) is 0 Å². The van der Waals surface area contributed by atoms with Crippen molar-refractivity contribution in [3.8, 4) is 0 Å². The predicted octanol–water partition coefficient (Wildman–Crippen LogP) is 2.82. The van der Waals surface area contributed by atoms with Crippen LogP contribution in [-0.2, 0) is 4.79 Å². The third-order valence-corrected chi connectivity index (χ3v) is 4.39. The van der Waals surface area contributed by atoms with E-state index in [1.54, 1.807) is 0 Å². The van der Waals surface area contributed by atoms with Gasteiger partial charge in [0.25, 0.3) is 0 Å². The summed E-state index contributed by atoms with van der Waals surface area (Å²) in [5, 5.41) is 3.17. The molecule has 1 heterocycles. The summed E-state index contributed by atoms with van der Waals surface area (Å²) in [4.78, 5) is 14.6. The van der Waals surface area contributed by atoms with Crippen LogP contribution in [0, 0.1) is 19.8 Å². The number of nitrogens with one attached hydrogen (secondary N) is 1. The molecule has 0 unspecified atom stereocenters. The largest absolute Gasteiger partial charge is 0.349 e. The Bertz CT molecular complexity index is 484. The maximum atomic E-state index is 12.3. The Morgan fingerprint density at radius 1 is 1.35 bits per heavy atom. The lowest BCUT2D eigenvalue weighted by atomic mass is 9.96. The quantitative estimate of drug-likeness (QED) is 0.919. The van der Waals surface area contributed by atoms with E-state index in [1.165, 1.54) is 16.7 Å². The molecule has 1 amide bonds. The van der Waals surface area contributed by atoms with Crippen molar-refractivity contribution in [2.45, 2.75) is 39.7 Å². The Kier molecular flexibility index (Phi) is 4.81. The number of hydrogen-bond acceptors (Lipinski definition) is 2. The maximum absolute atomic E-state index is 12.3. The molecule has 1 fully saturated rings. The van der Waals surface area contributed by atoms with E-state index < -0.39 is 0 Å². The van der Waals surface area contributed by atoms with Crippen molar-refractivity contribution in [1.29, 1.82) is 0 Å². The molecule has 1 aliphatic heterocycles. The highest BCUT2D eigenvalue weighted by molar-refractivity contribution is 5.79. The van der Waals surface area contributed by atoms with Crippen molar-refractivity contribution in [3.63, 3.8) is 0 Å². The molecule has 1 saturated heterocycles. The summed E-state index contributed by atoms with van der Waals surface area (Å²) in [6.07, 6.45) is 2.13. The van der Waals surface area contributed by atoms with Gasteiger partial charge in [-0.2, -0.15) is 0 Å². The molecule has 1 aromatic carbocycles. The van der Waals surface area contributed by atoms with Gasteiger partial charge in [-0.3, -0.25) is 4.79 Å². The second-order valence-corrected chi connectivity index (χ2v) is 6.18. The molecule has 0 spiro atoms. The number of carbonyl (C=O) groups is 1. The van der Waals surface area contributed by atoms with Crippen molar-refractivity contribution < 1.29 is 4.79 Å². The highest BCUT2D eigenvalue weighted by Gasteiger charge is 2.25. The van der Waals surface area contributed by atoms with E-state index in [0.29, 0.717) is 0 Å². The second kappa shape index (κ2) is 6.40. The van der Waals surface area contributed by atoms with E-state index in [2.05, 4.69) is 56.2 Å². The van der Waals surface area contributed by atoms with Gasteiger partial charge in [0, 0.05) is 6.54 Å². The van der Waals surface area contributed by atoms with Crippen LogP contribution >= 0.6 is 0 Å². The Morgan fingerprint density at radius 2 is 2.10 bits per heavy atom. The molecular formula is C17H26N2O. The zero-order chi connectivity index (χ0) is 14.7. The van der Waals surface area contributed by atoms with E-state index in [9.17, 15) is 4.79 Å². The topological polar surface area (TPSA) is 32.3 Å². The number of benzene rings is 1. The van der Waals surface area contributed by atoms with Crippen LogP contribution in [-0.4, -0.2) is 30.9 Å². The van der Waals surface area contributed by atoms with Crippen LogP contribution in [0.5, 0.6) is 0 Å². The number of likely N-dealkylation sites (tertiary alicyclic amines) is 1. The summed E-state index contributed by atoms with van der Waals surface area (Å²) in [5.41, 5.74) is 3.76. The minimum absolute atomic E-state index is 0.0778. The van der Waals surface area contributed by atoms with Gasteiger partial charge in [-0.05, 0) is 63.9 Å². The zero-order valence-corrected chi connectivity index (χ0v) is 13.1. The first-order valence-electron chi connectivity index (χ1n) is 7.53. The molecule has 2 atom stereocenters. The van der Waals surface area contributed by atoms with Crippen molar-refractivity contribution >= 4 is 5.91 Å². The van der Waals surface area contributed by atoms with Gasteiger partial charge < -0.3 is 10.2 Å². The Balaban J connectivity index is 1.97. The fraction of sp³-hybridized carbons (Fsp3) is 0.588. The summed E-state index contributed by atoms with van der Waals surface area (Å²) >= 11 is 0. The van der Waals surface area contributed by atoms with E-state index in [1.807, 2.05) is 0 Å². The van der Waals surface area contributed by atoms with Gasteiger partial charge in [-0.25, -0.2) is 0 Å². The number of piperidine rings is 1. The van der Waals surface area contributed by atoms with E-state index in [4.69, 9.17) is 0 Å². The van der Waals surface area contributed by atoms with E-state index in [-0.39, 0.29) is 17.9 Å². The van der Waals surface area contributed by atoms with Gasteiger partial charge in [0.05, 0.1) is 12.0 Å². The minimum Gasteiger partial charge on any atom is -0.349 e. The first kappa shape index (κ1) is 15.0. The molecule has 20 heavy (non-hydrogen) atoms. The average Bonchev–Trinajstić information content (AvgIpc) is 2.41. The maximum Gasteiger partial charge on any atom is 0.224 e. The van der Waals surface area contributed by atoms with Gasteiger partial charge in [-0.15, -0.1) is 0 Å². The Hall–Kier alpha value is -1.35. The summed E-state index contributed by atoms with van der Waals surface area (Å²) in [7, 11) is 2.09. The number of amides is 1. The molecule has 3 heteroatoms. The molecule has 1 N–H and O–H groups in total. The van der Waals surface area contributed by atoms with Crippen molar-refractivity contribution in [3.05, 3.63) is 34.9 Å². The summed E-state index contributed by atoms with van der Waals surface area (Å²) in [5.74, 6) is 0.338. The molecule has 0 bridgehead atoms. The first-order valence-corrected chi connectivity index (χ1v) is 7.53. The Morgan fingerprint density at radius 3 is 2.75 bits per heavy atom. The van der Waals surface area contributed by atoms with Crippen LogP contribution in [0.2, 0.25) is 0 Å². The first-order chi connectivity index (χ1) is 9.47. The zero-order valence-electron chi connectivity index (χ0n) is 13.1. The third kappa shape index (κ3) is 3.60. The molecule has 1 aliphatic rings. The molecule has 0 aliphatic carbocycles. The van der Waals surface area contributed by atoms with Gasteiger partial charge in [0.15, 0.2) is 0 Å². The summed E-state index contributed by atoms with van der Waals surface area (Å²) < 4.78 is 0. The molecule has 110 valence electrons. The summed E-state index contributed by atoms with van der Waals surface area (Å²) in [6, 6.07) is 6.49. The lowest BCUT2D eigenvalue weighted by molar-refractivity contribution is -0.127. The van der Waals surface area contributed by atoms with Crippen molar-refractivity contribution in [2.24, 2.45) is 5.92 Å². The van der Waals surface area contributed by atoms with Crippen molar-refractivity contribution in [1.82, 2.24) is 10.2 Å². The van der Waals surface area contributed by atoms with Crippen molar-refractivity contribution in [2.75, 3.05) is 20.1 Å². The summed E-state index contributed by atoms with van der Waals surface area (Å²) in [6.45, 7) is 8.28. The normalized spacial score (nSPS) is 21.5. The van der Waals surface area contributed by atoms with Gasteiger partial charge >= 0.3 is 0 Å². The fourth-order valence-corrected chi connectivity index (χ4v) is 2.83. The van der Waals surface area contributed by atoms with Crippen LogP contribution in [0.1, 0.15) is 42.5 Å². The van der Waals surface area contributed by atoms with Gasteiger partial charge in [0.2, 0.25) is 5.91 Å². The number of carbonyl (C=O) groups excluding carboxylic acids is 1. The molecular weight excluding hydrogens is 248 g/mol. The molecule has 0 aromatic heterocycles. The van der Waals surface area contributed by atoms with E-state index in [0.717, 1.165) is 25.9 Å². The molecule has 2 rings (SSSR count). The standard InChI is InChI=1S/C17H26N2O/c1-12-7-8-15(10-13(12)2)14(3)18-17(20)16-6-5-9-19(4)11-16/h7-8,10,14,16H,5-6,9,11H2,1-4H3,(H,18,20)/t14-,16-/m1/s1. The molecule has 0 radical (unpaired) electrons. The molecule has 1 aromatic rings. The lowest BCUT2D eigenvalue weighted by Crippen LogP contribution is -2.42. The van der Waals surface area contributed by atoms with E-state index >= 15 is 0 Å². The highest BCUT2D eigenvalue weighted by atomic mass is 16.2. The SMILES string of the molecule is Cc1ccc([C@@H](C)NC(=O)[C@@H]2CCCN(C)C2)cc1C. The number of nitrogens with zero attached hydrogens (tertiary/aromatic N) is 1. The molecule has 0 saturated carbocycles. The van der Waals surface area contributed by atoms with Gasteiger partial charge in [-0.1, -0.05) is 18.2 Å². The smallest absolute Gasteiger partial charge is 0.224 e. The van der Waals surface area contributed by atoms with Crippen LogP contribution in [0.4, 0.5) is 0 Å². The fourth-order valence-electron chi connectivity index (χ4n) is 2.83. The number of aryl methyl sites for hydroxylation is 2. The monoisotopic (exact) mass is 274 g/mol. The minimum atomic E-state index is 0.0778. The number of rotatable bonds is 3.